The van der Waals surface area contributed by atoms with Crippen LogP contribution >= 0.6 is 0 Å². The number of amides is 1. The zero-order valence-corrected chi connectivity index (χ0v) is 15.2. The lowest BCUT2D eigenvalue weighted by atomic mass is 10.3. The zero-order chi connectivity index (χ0) is 19.2. The normalized spacial score (nSPS) is 13.9. The second-order valence-electron chi connectivity index (χ2n) is 6.33. The molecule has 0 saturated carbocycles. The number of piperazine rings is 1. The van der Waals surface area contributed by atoms with Gasteiger partial charge < -0.3 is 19.9 Å². The third-order valence-electron chi connectivity index (χ3n) is 4.42. The summed E-state index contributed by atoms with van der Waals surface area (Å²) in [7, 11) is 0. The first-order chi connectivity index (χ1) is 13.8. The van der Waals surface area contributed by atoms with Gasteiger partial charge in [-0.3, -0.25) is 4.79 Å². The number of aromatic nitrogens is 3. The molecule has 1 fully saturated rings. The van der Waals surface area contributed by atoms with Gasteiger partial charge in [0.2, 0.25) is 12.4 Å². The first kappa shape index (κ1) is 17.7. The Balaban J connectivity index is 1.39. The van der Waals surface area contributed by atoms with E-state index in [2.05, 4.69) is 25.4 Å². The largest absolute Gasteiger partial charge is 0.457 e. The van der Waals surface area contributed by atoms with E-state index in [1.54, 1.807) is 11.1 Å². The molecular formula is C20H20N6O2. The Labute approximate surface area is 162 Å². The smallest absolute Gasteiger partial charge is 0.249 e. The number of ether oxygens (including phenoxy) is 1. The third kappa shape index (κ3) is 4.35. The van der Waals surface area contributed by atoms with Crippen LogP contribution in [0, 0.1) is 0 Å². The molecule has 0 aliphatic carbocycles. The van der Waals surface area contributed by atoms with Crippen molar-refractivity contribution in [3.05, 3.63) is 60.8 Å². The summed E-state index contributed by atoms with van der Waals surface area (Å²) >= 11 is 0. The van der Waals surface area contributed by atoms with E-state index in [-0.39, 0.29) is 0 Å². The Hall–Kier alpha value is -3.68. The molecular weight excluding hydrogens is 356 g/mol. The lowest BCUT2D eigenvalue weighted by Crippen LogP contribution is -2.46. The molecule has 0 spiro atoms. The molecule has 1 aliphatic heterocycles. The van der Waals surface area contributed by atoms with Crippen LogP contribution in [0.1, 0.15) is 0 Å². The van der Waals surface area contributed by atoms with Gasteiger partial charge in [0.1, 0.15) is 11.5 Å². The Morgan fingerprint density at radius 1 is 0.929 bits per heavy atom. The molecule has 0 atom stereocenters. The van der Waals surface area contributed by atoms with E-state index in [9.17, 15) is 4.79 Å². The Morgan fingerprint density at radius 3 is 2.36 bits per heavy atom. The van der Waals surface area contributed by atoms with Crippen LogP contribution in [0.5, 0.6) is 11.5 Å². The van der Waals surface area contributed by atoms with Crippen LogP contribution in [-0.2, 0) is 4.79 Å². The molecule has 0 radical (unpaired) electrons. The van der Waals surface area contributed by atoms with E-state index in [1.807, 2.05) is 54.6 Å². The summed E-state index contributed by atoms with van der Waals surface area (Å²) in [6.45, 7) is 2.81. The van der Waals surface area contributed by atoms with Gasteiger partial charge in [-0.05, 0) is 36.4 Å². The van der Waals surface area contributed by atoms with Crippen LogP contribution in [0.3, 0.4) is 0 Å². The summed E-state index contributed by atoms with van der Waals surface area (Å²) in [6, 6.07) is 17.2. The minimum Gasteiger partial charge on any atom is -0.457 e. The highest BCUT2D eigenvalue weighted by Gasteiger charge is 2.17. The molecule has 3 aromatic rings. The van der Waals surface area contributed by atoms with Gasteiger partial charge in [-0.15, -0.1) is 5.10 Å². The maximum atomic E-state index is 10.8. The predicted molar refractivity (Wildman–Crippen MR) is 106 cm³/mol. The number of nitrogens with one attached hydrogen (secondary N) is 1. The maximum absolute atomic E-state index is 10.8. The van der Waals surface area contributed by atoms with Crippen LogP contribution in [0.2, 0.25) is 0 Å². The molecule has 4 rings (SSSR count). The first-order valence-corrected chi connectivity index (χ1v) is 9.04. The second kappa shape index (κ2) is 8.34. The second-order valence-corrected chi connectivity index (χ2v) is 6.33. The Bertz CT molecular complexity index is 911. The van der Waals surface area contributed by atoms with Crippen LogP contribution in [-0.4, -0.2) is 52.7 Å². The van der Waals surface area contributed by atoms with Gasteiger partial charge in [0, 0.05) is 31.9 Å². The minimum absolute atomic E-state index is 0.423. The zero-order valence-electron chi connectivity index (χ0n) is 15.2. The number of benzene rings is 2. The fourth-order valence-electron chi connectivity index (χ4n) is 2.92. The predicted octanol–water partition coefficient (Wildman–Crippen LogP) is 2.69. The van der Waals surface area contributed by atoms with Crippen LogP contribution < -0.4 is 15.0 Å². The summed E-state index contributed by atoms with van der Waals surface area (Å²) in [5.74, 6) is 2.70. The van der Waals surface area contributed by atoms with Crippen LogP contribution in [0.15, 0.2) is 60.8 Å². The molecule has 1 amide bonds. The van der Waals surface area contributed by atoms with E-state index >= 15 is 0 Å². The maximum Gasteiger partial charge on any atom is 0.249 e. The lowest BCUT2D eigenvalue weighted by molar-refractivity contribution is -0.118. The van der Waals surface area contributed by atoms with Gasteiger partial charge in [-0.25, -0.2) is 0 Å². The molecule has 142 valence electrons. The number of rotatable bonds is 6. The van der Waals surface area contributed by atoms with Crippen molar-refractivity contribution in [3.8, 4) is 11.5 Å². The van der Waals surface area contributed by atoms with Crippen molar-refractivity contribution < 1.29 is 9.53 Å². The van der Waals surface area contributed by atoms with Crippen molar-refractivity contribution in [2.45, 2.75) is 0 Å². The average molecular weight is 376 g/mol. The van der Waals surface area contributed by atoms with Gasteiger partial charge in [-0.2, -0.15) is 10.1 Å². The number of carbonyl (C=O) groups is 1. The van der Waals surface area contributed by atoms with Crippen molar-refractivity contribution in [1.29, 1.82) is 0 Å². The average Bonchev–Trinajstić information content (AvgIpc) is 2.76. The number of carbonyl (C=O) groups excluding carboxylic acids is 1. The molecule has 1 aromatic heterocycles. The molecule has 1 N–H and O–H groups in total. The van der Waals surface area contributed by atoms with Crippen molar-refractivity contribution in [3.63, 3.8) is 0 Å². The summed E-state index contributed by atoms with van der Waals surface area (Å²) in [4.78, 5) is 19.2. The number of hydrogen-bond donors (Lipinski definition) is 1. The third-order valence-corrected chi connectivity index (χ3v) is 4.42. The molecule has 8 nitrogen and oxygen atoms in total. The van der Waals surface area contributed by atoms with Gasteiger partial charge in [0.05, 0.1) is 6.20 Å². The molecule has 0 bridgehead atoms. The minimum atomic E-state index is 0.423. The van der Waals surface area contributed by atoms with E-state index in [0.29, 0.717) is 19.0 Å². The van der Waals surface area contributed by atoms with Crippen molar-refractivity contribution in [2.75, 3.05) is 36.4 Å². The summed E-state index contributed by atoms with van der Waals surface area (Å²) in [5, 5.41) is 11.3. The number of hydrogen-bond acceptors (Lipinski definition) is 7. The topological polar surface area (TPSA) is 83.5 Å². The molecule has 8 heteroatoms. The fraction of sp³-hybridized carbons (Fsp3) is 0.200. The number of nitrogens with zero attached hydrogens (tertiary/aromatic N) is 5. The highest BCUT2D eigenvalue weighted by Crippen LogP contribution is 2.24. The van der Waals surface area contributed by atoms with Gasteiger partial charge in [0.25, 0.3) is 0 Å². The highest BCUT2D eigenvalue weighted by atomic mass is 16.5. The first-order valence-electron chi connectivity index (χ1n) is 9.04. The van der Waals surface area contributed by atoms with Gasteiger partial charge in [-0.1, -0.05) is 18.2 Å². The van der Waals surface area contributed by atoms with Crippen LogP contribution in [0.4, 0.5) is 17.5 Å². The van der Waals surface area contributed by atoms with E-state index < -0.39 is 0 Å². The molecule has 2 aromatic carbocycles. The van der Waals surface area contributed by atoms with Gasteiger partial charge in [0.15, 0.2) is 5.82 Å². The van der Waals surface area contributed by atoms with E-state index in [0.717, 1.165) is 42.5 Å². The summed E-state index contributed by atoms with van der Waals surface area (Å²) in [6.07, 6.45) is 2.52. The fourth-order valence-corrected chi connectivity index (χ4v) is 2.92. The lowest BCUT2D eigenvalue weighted by Gasteiger charge is -2.33. The summed E-state index contributed by atoms with van der Waals surface area (Å²) in [5.41, 5.74) is 0.838. The molecule has 1 saturated heterocycles. The Kier molecular flexibility index (Phi) is 5.28. The molecule has 0 unspecified atom stereocenters. The SMILES string of the molecule is O=CN1CCN(c2cnnc(Nc3ccc(Oc4ccccc4)cc3)n2)CC1. The molecule has 1 aliphatic rings. The van der Waals surface area contributed by atoms with Crippen molar-refractivity contribution >= 4 is 23.9 Å². The number of anilines is 3. The van der Waals surface area contributed by atoms with E-state index in [1.165, 1.54) is 0 Å². The van der Waals surface area contributed by atoms with Gasteiger partial charge >= 0.3 is 0 Å². The van der Waals surface area contributed by atoms with Crippen molar-refractivity contribution in [2.24, 2.45) is 0 Å². The van der Waals surface area contributed by atoms with Crippen molar-refractivity contribution in [1.82, 2.24) is 20.1 Å². The Morgan fingerprint density at radius 2 is 1.64 bits per heavy atom. The molecule has 2 heterocycles. The standard InChI is InChI=1S/C20H20N6O2/c27-15-25-10-12-26(13-11-25)19-14-21-24-20(23-19)22-16-6-8-18(9-7-16)28-17-4-2-1-3-5-17/h1-9,14-15H,10-13H2,(H,22,23,24). The quantitative estimate of drug-likeness (QED) is 0.662. The highest BCUT2D eigenvalue weighted by molar-refractivity contribution is 5.56. The molecule has 28 heavy (non-hydrogen) atoms. The number of para-hydroxylation sites is 1. The van der Waals surface area contributed by atoms with Crippen LogP contribution in [0.25, 0.3) is 0 Å². The van der Waals surface area contributed by atoms with E-state index in [4.69, 9.17) is 4.74 Å². The monoisotopic (exact) mass is 376 g/mol. The summed E-state index contributed by atoms with van der Waals surface area (Å²) < 4.78 is 5.79.